The Morgan fingerprint density at radius 2 is 1.52 bits per heavy atom. The first-order valence-electron chi connectivity index (χ1n) is 7.91. The van der Waals surface area contributed by atoms with Gasteiger partial charge in [0.25, 0.3) is 0 Å². The van der Waals surface area contributed by atoms with E-state index in [1.165, 1.54) is 23.1 Å². The summed E-state index contributed by atoms with van der Waals surface area (Å²) < 4.78 is 29.9. The lowest BCUT2D eigenvalue weighted by Crippen LogP contribution is -2.36. The minimum atomic E-state index is -2.99. The molecule has 0 saturated carbocycles. The van der Waals surface area contributed by atoms with Gasteiger partial charge in [0.05, 0.1) is 24.5 Å². The molecule has 0 spiro atoms. The second kappa shape index (κ2) is 9.98. The van der Waals surface area contributed by atoms with E-state index in [0.29, 0.717) is 5.69 Å². The second-order valence-corrected chi connectivity index (χ2v) is 6.48. The van der Waals surface area contributed by atoms with E-state index in [2.05, 4.69) is 31.3 Å². The van der Waals surface area contributed by atoms with Crippen molar-refractivity contribution in [1.82, 2.24) is 4.90 Å². The minimum absolute atomic E-state index is 0.0239. The summed E-state index contributed by atoms with van der Waals surface area (Å²) in [6.07, 6.45) is 0. The van der Waals surface area contributed by atoms with Gasteiger partial charge in [0, 0.05) is 4.47 Å². The molecule has 9 heteroatoms. The van der Waals surface area contributed by atoms with Gasteiger partial charge in [-0.1, -0.05) is 24.3 Å². The predicted molar refractivity (Wildman–Crippen MR) is 102 cm³/mol. The highest BCUT2D eigenvalue weighted by atomic mass is 79.9. The molecule has 0 aliphatic carbocycles. The smallest absolute Gasteiger partial charge is 0.387 e. The van der Waals surface area contributed by atoms with Crippen LogP contribution in [0.3, 0.4) is 0 Å². The van der Waals surface area contributed by atoms with Crippen molar-refractivity contribution in [3.8, 4) is 5.75 Å². The SMILES string of the molecule is CN(CC(=O)Nc1ccccc1Br)CC(=O)Nc1ccccc1OC(F)F. The molecule has 27 heavy (non-hydrogen) atoms. The highest BCUT2D eigenvalue weighted by molar-refractivity contribution is 9.10. The lowest BCUT2D eigenvalue weighted by atomic mass is 10.3. The van der Waals surface area contributed by atoms with E-state index in [1.54, 1.807) is 31.3 Å². The fourth-order valence-corrected chi connectivity index (χ4v) is 2.64. The monoisotopic (exact) mass is 441 g/mol. The maximum absolute atomic E-state index is 12.4. The molecule has 2 amide bonds. The summed E-state index contributed by atoms with van der Waals surface area (Å²) in [5.41, 5.74) is 0.757. The number of hydrogen-bond acceptors (Lipinski definition) is 4. The number of hydrogen-bond donors (Lipinski definition) is 2. The van der Waals surface area contributed by atoms with Gasteiger partial charge < -0.3 is 15.4 Å². The van der Waals surface area contributed by atoms with Crippen molar-refractivity contribution in [3.05, 3.63) is 53.0 Å². The molecule has 0 fully saturated rings. The van der Waals surface area contributed by atoms with Gasteiger partial charge in [-0.2, -0.15) is 8.78 Å². The number of likely N-dealkylation sites (N-methyl/N-ethyl adjacent to an activating group) is 1. The largest absolute Gasteiger partial charge is 0.433 e. The highest BCUT2D eigenvalue weighted by Crippen LogP contribution is 2.25. The number of alkyl halides is 2. The number of halogens is 3. The van der Waals surface area contributed by atoms with Crippen LogP contribution in [0.1, 0.15) is 0 Å². The van der Waals surface area contributed by atoms with Gasteiger partial charge in [0.1, 0.15) is 5.75 Å². The lowest BCUT2D eigenvalue weighted by molar-refractivity contribution is -0.119. The van der Waals surface area contributed by atoms with E-state index in [1.807, 2.05) is 6.07 Å². The molecule has 0 heterocycles. The zero-order valence-corrected chi connectivity index (χ0v) is 16.0. The Hall–Kier alpha value is -2.52. The van der Waals surface area contributed by atoms with Gasteiger partial charge in [0.2, 0.25) is 11.8 Å². The summed E-state index contributed by atoms with van der Waals surface area (Å²) in [5.74, 6) is -0.884. The van der Waals surface area contributed by atoms with Gasteiger partial charge in [-0.3, -0.25) is 14.5 Å². The van der Waals surface area contributed by atoms with E-state index in [-0.39, 0.29) is 30.4 Å². The van der Waals surface area contributed by atoms with Crippen molar-refractivity contribution in [2.45, 2.75) is 6.61 Å². The van der Waals surface area contributed by atoms with Crippen LogP contribution in [0.15, 0.2) is 53.0 Å². The number of anilines is 2. The van der Waals surface area contributed by atoms with Crippen molar-refractivity contribution in [3.63, 3.8) is 0 Å². The van der Waals surface area contributed by atoms with Crippen LogP contribution in [0.5, 0.6) is 5.75 Å². The number of para-hydroxylation sites is 3. The molecule has 2 N–H and O–H groups in total. The second-order valence-electron chi connectivity index (χ2n) is 5.62. The quantitative estimate of drug-likeness (QED) is 0.656. The summed E-state index contributed by atoms with van der Waals surface area (Å²) in [5, 5.41) is 5.23. The van der Waals surface area contributed by atoms with E-state index in [0.717, 1.165) is 4.47 Å². The standard InChI is InChI=1S/C18H18BrF2N3O3/c1-24(10-16(25)22-13-7-3-2-6-12(13)19)11-17(26)23-14-8-4-5-9-15(14)27-18(20)21/h2-9,18H,10-11H2,1H3,(H,22,25)(H,23,26). The van der Waals surface area contributed by atoms with E-state index < -0.39 is 12.5 Å². The van der Waals surface area contributed by atoms with Crippen molar-refractivity contribution >= 4 is 39.1 Å². The molecule has 2 rings (SSSR count). The number of rotatable bonds is 8. The minimum Gasteiger partial charge on any atom is -0.433 e. The first kappa shape index (κ1) is 20.8. The zero-order chi connectivity index (χ0) is 19.8. The Balaban J connectivity index is 1.87. The molecule has 0 atom stereocenters. The van der Waals surface area contributed by atoms with Crippen LogP contribution < -0.4 is 15.4 Å². The first-order chi connectivity index (χ1) is 12.8. The number of carbonyl (C=O) groups is 2. The molecular weight excluding hydrogens is 424 g/mol. The van der Waals surface area contributed by atoms with Crippen LogP contribution in [0.25, 0.3) is 0 Å². The normalized spacial score (nSPS) is 10.7. The van der Waals surface area contributed by atoms with Crippen LogP contribution in [0.4, 0.5) is 20.2 Å². The molecule has 0 unspecified atom stereocenters. The fraction of sp³-hybridized carbons (Fsp3) is 0.222. The summed E-state index contributed by atoms with van der Waals surface area (Å²) in [4.78, 5) is 25.7. The number of nitrogens with one attached hydrogen (secondary N) is 2. The first-order valence-corrected chi connectivity index (χ1v) is 8.71. The number of carbonyl (C=O) groups excluding carboxylic acids is 2. The predicted octanol–water partition coefficient (Wildman–Crippen LogP) is 3.56. The third-order valence-electron chi connectivity index (χ3n) is 3.35. The molecule has 144 valence electrons. The average Bonchev–Trinajstić information content (AvgIpc) is 2.58. The van der Waals surface area contributed by atoms with Gasteiger partial charge in [-0.05, 0) is 47.2 Å². The van der Waals surface area contributed by atoms with Gasteiger partial charge >= 0.3 is 6.61 Å². The van der Waals surface area contributed by atoms with Crippen molar-refractivity contribution in [2.75, 3.05) is 30.8 Å². The summed E-state index contributed by atoms with van der Waals surface area (Å²) in [6.45, 7) is -3.12. The van der Waals surface area contributed by atoms with Crippen LogP contribution >= 0.6 is 15.9 Å². The Morgan fingerprint density at radius 3 is 2.11 bits per heavy atom. The molecule has 0 aromatic heterocycles. The maximum Gasteiger partial charge on any atom is 0.387 e. The lowest BCUT2D eigenvalue weighted by Gasteiger charge is -2.17. The van der Waals surface area contributed by atoms with Crippen LogP contribution in [-0.2, 0) is 9.59 Å². The summed E-state index contributed by atoms with van der Waals surface area (Å²) in [7, 11) is 1.60. The molecule has 0 saturated heterocycles. The molecule has 2 aromatic rings. The average molecular weight is 442 g/mol. The van der Waals surface area contributed by atoms with E-state index >= 15 is 0 Å². The number of nitrogens with zero attached hydrogens (tertiary/aromatic N) is 1. The number of benzene rings is 2. The topological polar surface area (TPSA) is 70.7 Å². The van der Waals surface area contributed by atoms with Crippen molar-refractivity contribution in [2.24, 2.45) is 0 Å². The summed E-state index contributed by atoms with van der Waals surface area (Å²) in [6, 6.07) is 13.0. The van der Waals surface area contributed by atoms with Crippen LogP contribution in [0, 0.1) is 0 Å². The zero-order valence-electron chi connectivity index (χ0n) is 14.4. The number of amides is 2. The molecule has 0 aliphatic rings. The molecule has 6 nitrogen and oxygen atoms in total. The Bertz CT molecular complexity index is 805. The van der Waals surface area contributed by atoms with E-state index in [9.17, 15) is 18.4 Å². The van der Waals surface area contributed by atoms with Crippen molar-refractivity contribution in [1.29, 1.82) is 0 Å². The maximum atomic E-state index is 12.4. The van der Waals surface area contributed by atoms with Gasteiger partial charge in [0.15, 0.2) is 0 Å². The molecule has 0 radical (unpaired) electrons. The molecule has 0 bridgehead atoms. The molecule has 2 aromatic carbocycles. The van der Waals surface area contributed by atoms with Gasteiger partial charge in [-0.25, -0.2) is 0 Å². The van der Waals surface area contributed by atoms with Crippen LogP contribution in [-0.4, -0.2) is 43.5 Å². The third kappa shape index (κ3) is 6.95. The molecule has 0 aliphatic heterocycles. The van der Waals surface area contributed by atoms with Crippen molar-refractivity contribution < 1.29 is 23.1 Å². The highest BCUT2D eigenvalue weighted by Gasteiger charge is 2.15. The molecular formula is C18H18BrF2N3O3. The Kier molecular flexibility index (Phi) is 7.68. The van der Waals surface area contributed by atoms with E-state index in [4.69, 9.17) is 0 Å². The van der Waals surface area contributed by atoms with Gasteiger partial charge in [-0.15, -0.1) is 0 Å². The van der Waals surface area contributed by atoms with Crippen LogP contribution in [0.2, 0.25) is 0 Å². The summed E-state index contributed by atoms with van der Waals surface area (Å²) >= 11 is 3.33. The third-order valence-corrected chi connectivity index (χ3v) is 4.04. The Labute approximate surface area is 163 Å². The Morgan fingerprint density at radius 1 is 1.00 bits per heavy atom. The fourth-order valence-electron chi connectivity index (χ4n) is 2.26. The number of ether oxygens (including phenoxy) is 1.